The maximum Gasteiger partial charge on any atom is 0.243 e. The Bertz CT molecular complexity index is 740. The average Bonchev–Trinajstić information content (AvgIpc) is 2.65. The smallest absolute Gasteiger partial charge is 0.243 e. The van der Waals surface area contributed by atoms with Crippen LogP contribution in [0.15, 0.2) is 23.1 Å². The van der Waals surface area contributed by atoms with E-state index in [1.807, 2.05) is 26.8 Å². The van der Waals surface area contributed by atoms with E-state index in [0.717, 1.165) is 17.8 Å². The van der Waals surface area contributed by atoms with Crippen LogP contribution in [0.25, 0.3) is 0 Å². The summed E-state index contributed by atoms with van der Waals surface area (Å²) in [6.45, 7) is 9.57. The van der Waals surface area contributed by atoms with Gasteiger partial charge < -0.3 is 10.2 Å². The molecule has 5 nitrogen and oxygen atoms in total. The summed E-state index contributed by atoms with van der Waals surface area (Å²) in [6, 6.07) is 5.71. The number of thiocarbonyl (C=S) groups is 1. The molecule has 152 valence electrons. The first-order valence-corrected chi connectivity index (χ1v) is 11.9. The SMILES string of the molecule is CCN(C(=S)Nc1cc(S(=O)(=O)N(CC)CC)ccc1C)C1CCCCC1. The van der Waals surface area contributed by atoms with Crippen LogP contribution in [0.5, 0.6) is 0 Å². The van der Waals surface area contributed by atoms with Crippen molar-refractivity contribution in [3.63, 3.8) is 0 Å². The highest BCUT2D eigenvalue weighted by molar-refractivity contribution is 7.89. The minimum Gasteiger partial charge on any atom is -0.346 e. The number of hydrogen-bond acceptors (Lipinski definition) is 3. The molecule has 1 saturated carbocycles. The molecule has 0 heterocycles. The highest BCUT2D eigenvalue weighted by Gasteiger charge is 2.24. The van der Waals surface area contributed by atoms with Gasteiger partial charge in [-0.3, -0.25) is 0 Å². The second-order valence-electron chi connectivity index (χ2n) is 7.07. The van der Waals surface area contributed by atoms with E-state index in [1.54, 1.807) is 12.1 Å². The molecular weight excluding hydrogens is 378 g/mol. The standard InChI is InChI=1S/C20H33N3O2S2/c1-5-22(6-2)27(24,25)18-14-13-16(4)19(15-18)21-20(26)23(7-3)17-11-9-8-10-12-17/h13-15,17H,5-12H2,1-4H3,(H,21,26). The van der Waals surface area contributed by atoms with Crippen LogP contribution in [0.3, 0.4) is 0 Å². The van der Waals surface area contributed by atoms with E-state index in [-0.39, 0.29) is 0 Å². The van der Waals surface area contributed by atoms with Crippen LogP contribution in [-0.4, -0.2) is 48.4 Å². The lowest BCUT2D eigenvalue weighted by molar-refractivity contribution is 0.255. The van der Waals surface area contributed by atoms with Crippen LogP contribution >= 0.6 is 12.2 Å². The molecule has 2 rings (SSSR count). The van der Waals surface area contributed by atoms with Crippen LogP contribution in [0, 0.1) is 6.92 Å². The number of nitrogens with one attached hydrogen (secondary N) is 1. The first-order valence-electron chi connectivity index (χ1n) is 10.0. The number of sulfonamides is 1. The third-order valence-corrected chi connectivity index (χ3v) is 7.79. The molecule has 7 heteroatoms. The van der Waals surface area contributed by atoms with Crippen molar-refractivity contribution in [2.75, 3.05) is 25.0 Å². The van der Waals surface area contributed by atoms with Crippen molar-refractivity contribution in [1.29, 1.82) is 0 Å². The van der Waals surface area contributed by atoms with Gasteiger partial charge in [0, 0.05) is 31.4 Å². The molecule has 0 aromatic heterocycles. The number of benzene rings is 1. The van der Waals surface area contributed by atoms with Crippen molar-refractivity contribution in [3.8, 4) is 0 Å². The molecule has 0 radical (unpaired) electrons. The van der Waals surface area contributed by atoms with Gasteiger partial charge in [0.15, 0.2) is 5.11 Å². The number of anilines is 1. The van der Waals surface area contributed by atoms with Gasteiger partial charge in [-0.2, -0.15) is 4.31 Å². The van der Waals surface area contributed by atoms with E-state index < -0.39 is 10.0 Å². The lowest BCUT2D eigenvalue weighted by atomic mass is 9.94. The summed E-state index contributed by atoms with van der Waals surface area (Å²) in [7, 11) is -3.49. The minimum absolute atomic E-state index is 0.308. The van der Waals surface area contributed by atoms with Crippen LogP contribution in [0.4, 0.5) is 5.69 Å². The van der Waals surface area contributed by atoms with Gasteiger partial charge in [0.2, 0.25) is 10.0 Å². The Hall–Kier alpha value is -1.18. The van der Waals surface area contributed by atoms with Crippen LogP contribution in [0.2, 0.25) is 0 Å². The highest BCUT2D eigenvalue weighted by Crippen LogP contribution is 2.26. The van der Waals surface area contributed by atoms with Crippen molar-refractivity contribution in [3.05, 3.63) is 23.8 Å². The number of nitrogens with zero attached hydrogens (tertiary/aromatic N) is 2. The third-order valence-electron chi connectivity index (χ3n) is 5.41. The van der Waals surface area contributed by atoms with Crippen LogP contribution < -0.4 is 5.32 Å². The highest BCUT2D eigenvalue weighted by atomic mass is 32.2. The zero-order chi connectivity index (χ0) is 20.0. The van der Waals surface area contributed by atoms with Crippen molar-refractivity contribution < 1.29 is 8.42 Å². The molecule has 1 fully saturated rings. The Morgan fingerprint density at radius 1 is 1.11 bits per heavy atom. The molecule has 0 spiro atoms. The van der Waals surface area contributed by atoms with Gasteiger partial charge in [-0.25, -0.2) is 8.42 Å². The fourth-order valence-corrected chi connectivity index (χ4v) is 5.63. The van der Waals surface area contributed by atoms with Gasteiger partial charge in [0.25, 0.3) is 0 Å². The number of hydrogen-bond donors (Lipinski definition) is 1. The average molecular weight is 412 g/mol. The first-order chi connectivity index (χ1) is 12.8. The Morgan fingerprint density at radius 3 is 2.30 bits per heavy atom. The van der Waals surface area contributed by atoms with E-state index in [2.05, 4.69) is 17.1 Å². The van der Waals surface area contributed by atoms with Gasteiger partial charge in [-0.15, -0.1) is 0 Å². The largest absolute Gasteiger partial charge is 0.346 e. The topological polar surface area (TPSA) is 52.7 Å². The molecule has 0 atom stereocenters. The summed E-state index contributed by atoms with van der Waals surface area (Å²) in [6.07, 6.45) is 6.15. The monoisotopic (exact) mass is 411 g/mol. The molecule has 0 bridgehead atoms. The number of aryl methyl sites for hydroxylation is 1. The van der Waals surface area contributed by atoms with Gasteiger partial charge >= 0.3 is 0 Å². The Morgan fingerprint density at radius 2 is 1.74 bits per heavy atom. The second-order valence-corrected chi connectivity index (χ2v) is 9.40. The predicted octanol–water partition coefficient (Wildman–Crippen LogP) is 4.38. The van der Waals surface area contributed by atoms with Crippen LogP contribution in [0.1, 0.15) is 58.4 Å². The fraction of sp³-hybridized carbons (Fsp3) is 0.650. The molecule has 1 aliphatic rings. The molecule has 27 heavy (non-hydrogen) atoms. The Balaban J connectivity index is 2.24. The zero-order valence-corrected chi connectivity index (χ0v) is 18.6. The summed E-state index contributed by atoms with van der Waals surface area (Å²) in [5.74, 6) is 0. The van der Waals surface area contributed by atoms with Gasteiger partial charge in [-0.05, 0) is 56.6 Å². The van der Waals surface area contributed by atoms with Crippen molar-refractivity contribution in [1.82, 2.24) is 9.21 Å². The second kappa shape index (κ2) is 9.85. The molecule has 1 N–H and O–H groups in total. The minimum atomic E-state index is -3.49. The lowest BCUT2D eigenvalue weighted by Gasteiger charge is -2.35. The summed E-state index contributed by atoms with van der Waals surface area (Å²) < 4.78 is 27.1. The Labute approximate surface area is 170 Å². The molecule has 0 amide bonds. The number of rotatable bonds is 7. The van der Waals surface area contributed by atoms with E-state index in [4.69, 9.17) is 12.2 Å². The molecular formula is C20H33N3O2S2. The van der Waals surface area contributed by atoms with Gasteiger partial charge in [-0.1, -0.05) is 39.2 Å². The molecule has 1 aromatic carbocycles. The predicted molar refractivity (Wildman–Crippen MR) is 117 cm³/mol. The normalized spacial score (nSPS) is 15.7. The fourth-order valence-electron chi connectivity index (χ4n) is 3.76. The first kappa shape index (κ1) is 22.1. The van der Waals surface area contributed by atoms with Crippen LogP contribution in [-0.2, 0) is 10.0 Å². The van der Waals surface area contributed by atoms with E-state index in [0.29, 0.717) is 29.1 Å². The molecule has 0 unspecified atom stereocenters. The van der Waals surface area contributed by atoms with Gasteiger partial charge in [0.05, 0.1) is 4.90 Å². The molecule has 0 saturated heterocycles. The lowest BCUT2D eigenvalue weighted by Crippen LogP contribution is -2.43. The summed E-state index contributed by atoms with van der Waals surface area (Å²) in [5, 5.41) is 4.01. The van der Waals surface area contributed by atoms with E-state index >= 15 is 0 Å². The van der Waals surface area contributed by atoms with Crippen molar-refractivity contribution >= 4 is 33.0 Å². The van der Waals surface area contributed by atoms with Crippen molar-refractivity contribution in [2.24, 2.45) is 0 Å². The maximum atomic E-state index is 12.8. The summed E-state index contributed by atoms with van der Waals surface area (Å²) in [4.78, 5) is 2.56. The van der Waals surface area contributed by atoms with E-state index in [9.17, 15) is 8.42 Å². The van der Waals surface area contributed by atoms with Gasteiger partial charge in [0.1, 0.15) is 0 Å². The quantitative estimate of drug-likeness (QED) is 0.675. The van der Waals surface area contributed by atoms with E-state index in [1.165, 1.54) is 36.4 Å². The third kappa shape index (κ3) is 5.21. The van der Waals surface area contributed by atoms with Crippen molar-refractivity contribution in [2.45, 2.75) is 70.7 Å². The summed E-state index contributed by atoms with van der Waals surface area (Å²) >= 11 is 5.69. The molecule has 1 aromatic rings. The molecule has 1 aliphatic carbocycles. The molecule has 0 aliphatic heterocycles. The zero-order valence-electron chi connectivity index (χ0n) is 17.0. The Kier molecular flexibility index (Phi) is 8.06. The summed E-state index contributed by atoms with van der Waals surface area (Å²) in [5.41, 5.74) is 1.75. The maximum absolute atomic E-state index is 12.8.